The summed E-state index contributed by atoms with van der Waals surface area (Å²) >= 11 is 0. The van der Waals surface area contributed by atoms with Gasteiger partial charge in [-0.2, -0.15) is 0 Å². The number of rotatable bonds is 4. The molecule has 1 atom stereocenters. The fourth-order valence-corrected chi connectivity index (χ4v) is 2.48. The third-order valence-corrected chi connectivity index (χ3v) is 3.59. The summed E-state index contributed by atoms with van der Waals surface area (Å²) in [4.78, 5) is 37.6. The monoisotopic (exact) mass is 289 g/mol. The van der Waals surface area contributed by atoms with Crippen molar-refractivity contribution in [3.8, 4) is 0 Å². The number of amides is 1. The number of hydrogen-bond acceptors (Lipinski definition) is 4. The summed E-state index contributed by atoms with van der Waals surface area (Å²) in [5.74, 6) is -1.70. The Hall–Kier alpha value is -2.17. The quantitative estimate of drug-likeness (QED) is 0.625. The molecule has 112 valence electrons. The molecule has 5 heteroatoms. The molecular formula is C16H19NO4. The summed E-state index contributed by atoms with van der Waals surface area (Å²) in [7, 11) is 0. The first-order valence-corrected chi connectivity index (χ1v) is 7.13. The van der Waals surface area contributed by atoms with Crippen molar-refractivity contribution in [1.29, 1.82) is 0 Å². The van der Waals surface area contributed by atoms with E-state index in [4.69, 9.17) is 4.74 Å². The predicted octanol–water partition coefficient (Wildman–Crippen LogP) is 1.73. The number of ketones is 1. The van der Waals surface area contributed by atoms with Gasteiger partial charge in [0, 0.05) is 12.1 Å². The summed E-state index contributed by atoms with van der Waals surface area (Å²) in [5, 5.41) is 0. The van der Waals surface area contributed by atoms with E-state index in [2.05, 4.69) is 0 Å². The molecule has 1 saturated heterocycles. The van der Waals surface area contributed by atoms with Gasteiger partial charge >= 0.3 is 5.97 Å². The van der Waals surface area contributed by atoms with E-state index >= 15 is 0 Å². The summed E-state index contributed by atoms with van der Waals surface area (Å²) in [5.41, 5.74) is 1.59. The highest BCUT2D eigenvalue weighted by Crippen LogP contribution is 2.21. The van der Waals surface area contributed by atoms with Crippen LogP contribution in [0.2, 0.25) is 0 Å². The largest absolute Gasteiger partial charge is 0.460 e. The van der Waals surface area contributed by atoms with Crippen LogP contribution in [0.5, 0.6) is 0 Å². The molecule has 0 saturated carbocycles. The summed E-state index contributed by atoms with van der Waals surface area (Å²) in [6.45, 7) is 4.23. The van der Waals surface area contributed by atoms with Crippen molar-refractivity contribution < 1.29 is 19.1 Å². The van der Waals surface area contributed by atoms with Crippen LogP contribution in [-0.4, -0.2) is 41.8 Å². The first kappa shape index (κ1) is 15.2. The van der Waals surface area contributed by atoms with E-state index in [9.17, 15) is 14.4 Å². The van der Waals surface area contributed by atoms with E-state index in [-0.39, 0.29) is 12.5 Å². The fraction of sp³-hybridized carbons (Fsp3) is 0.438. The first-order valence-electron chi connectivity index (χ1n) is 7.13. The molecule has 0 bridgehead atoms. The lowest BCUT2D eigenvalue weighted by Gasteiger charge is -2.23. The van der Waals surface area contributed by atoms with E-state index in [1.165, 1.54) is 4.90 Å². The molecule has 1 aliphatic heterocycles. The number of hydrogen-bond donors (Lipinski definition) is 0. The molecule has 21 heavy (non-hydrogen) atoms. The molecule has 1 amide bonds. The van der Waals surface area contributed by atoms with Crippen LogP contribution < -0.4 is 0 Å². The van der Waals surface area contributed by atoms with Gasteiger partial charge < -0.3 is 9.64 Å². The van der Waals surface area contributed by atoms with Gasteiger partial charge in [0.15, 0.2) is 0 Å². The fourth-order valence-electron chi connectivity index (χ4n) is 2.48. The smallest absolute Gasteiger partial charge is 0.376 e. The SMILES string of the molecule is CCOC(=O)C(=O)C1CCCN1C(=O)c1ccc(C)cc1. The van der Waals surface area contributed by atoms with Crippen LogP contribution in [0.25, 0.3) is 0 Å². The van der Waals surface area contributed by atoms with Crippen molar-refractivity contribution in [3.05, 3.63) is 35.4 Å². The highest BCUT2D eigenvalue weighted by atomic mass is 16.5. The van der Waals surface area contributed by atoms with Crippen molar-refractivity contribution in [2.24, 2.45) is 0 Å². The van der Waals surface area contributed by atoms with Gasteiger partial charge in [-0.1, -0.05) is 17.7 Å². The number of benzene rings is 1. The van der Waals surface area contributed by atoms with Crippen LogP contribution in [0.4, 0.5) is 0 Å². The maximum atomic E-state index is 12.5. The van der Waals surface area contributed by atoms with Crippen molar-refractivity contribution >= 4 is 17.7 Å². The second kappa shape index (κ2) is 6.52. The molecular weight excluding hydrogens is 270 g/mol. The lowest BCUT2D eigenvalue weighted by atomic mass is 10.1. The summed E-state index contributed by atoms with van der Waals surface area (Å²) in [6.07, 6.45) is 1.22. The number of carbonyl (C=O) groups is 3. The van der Waals surface area contributed by atoms with Crippen molar-refractivity contribution in [2.45, 2.75) is 32.7 Å². The molecule has 0 aliphatic carbocycles. The lowest BCUT2D eigenvalue weighted by molar-refractivity contribution is -0.155. The van der Waals surface area contributed by atoms with Gasteiger partial charge in [-0.05, 0) is 38.8 Å². The maximum absolute atomic E-state index is 12.5. The Kier molecular flexibility index (Phi) is 4.73. The number of Topliss-reactive ketones (excluding diaryl/α,β-unsaturated/α-hetero) is 1. The average Bonchev–Trinajstić information content (AvgIpc) is 2.96. The topological polar surface area (TPSA) is 63.7 Å². The predicted molar refractivity (Wildman–Crippen MR) is 76.9 cm³/mol. The Morgan fingerprint density at radius 1 is 1.24 bits per heavy atom. The Morgan fingerprint density at radius 2 is 1.90 bits per heavy atom. The van der Waals surface area contributed by atoms with Gasteiger partial charge in [0.1, 0.15) is 6.04 Å². The molecule has 5 nitrogen and oxygen atoms in total. The minimum absolute atomic E-state index is 0.156. The zero-order valence-electron chi connectivity index (χ0n) is 12.3. The van der Waals surface area contributed by atoms with Gasteiger partial charge in [-0.25, -0.2) is 4.79 Å². The molecule has 1 aromatic rings. The van der Waals surface area contributed by atoms with Crippen LogP contribution in [-0.2, 0) is 14.3 Å². The van der Waals surface area contributed by atoms with Crippen LogP contribution >= 0.6 is 0 Å². The molecule has 0 N–H and O–H groups in total. The summed E-state index contributed by atoms with van der Waals surface area (Å²) in [6, 6.07) is 6.48. The molecule has 0 radical (unpaired) electrons. The Bertz CT molecular complexity index is 550. The Morgan fingerprint density at radius 3 is 2.52 bits per heavy atom. The number of carbonyl (C=O) groups excluding carboxylic acids is 3. The number of likely N-dealkylation sites (tertiary alicyclic amines) is 1. The second-order valence-electron chi connectivity index (χ2n) is 5.11. The molecule has 1 heterocycles. The van der Waals surface area contributed by atoms with E-state index < -0.39 is 17.8 Å². The van der Waals surface area contributed by atoms with Crippen molar-refractivity contribution in [3.63, 3.8) is 0 Å². The minimum atomic E-state index is -0.855. The zero-order valence-corrected chi connectivity index (χ0v) is 12.3. The number of aryl methyl sites for hydroxylation is 1. The zero-order chi connectivity index (χ0) is 15.4. The van der Waals surface area contributed by atoms with Gasteiger partial charge in [0.05, 0.1) is 6.61 Å². The van der Waals surface area contributed by atoms with Crippen LogP contribution in [0.15, 0.2) is 24.3 Å². The number of esters is 1. The van der Waals surface area contributed by atoms with E-state index in [0.29, 0.717) is 24.9 Å². The first-order chi connectivity index (χ1) is 10.0. The van der Waals surface area contributed by atoms with Crippen LogP contribution in [0, 0.1) is 6.92 Å². The van der Waals surface area contributed by atoms with Gasteiger partial charge in [-0.15, -0.1) is 0 Å². The number of ether oxygens (including phenoxy) is 1. The normalized spacial score (nSPS) is 17.6. The average molecular weight is 289 g/mol. The highest BCUT2D eigenvalue weighted by Gasteiger charge is 2.38. The highest BCUT2D eigenvalue weighted by molar-refractivity contribution is 6.36. The molecule has 1 fully saturated rings. The minimum Gasteiger partial charge on any atom is -0.460 e. The van der Waals surface area contributed by atoms with Crippen LogP contribution in [0.1, 0.15) is 35.7 Å². The lowest BCUT2D eigenvalue weighted by Crippen LogP contribution is -2.43. The van der Waals surface area contributed by atoms with E-state index in [1.807, 2.05) is 19.1 Å². The summed E-state index contributed by atoms with van der Waals surface area (Å²) < 4.78 is 4.74. The third-order valence-electron chi connectivity index (χ3n) is 3.59. The van der Waals surface area contributed by atoms with Crippen molar-refractivity contribution in [2.75, 3.05) is 13.2 Å². The third kappa shape index (κ3) is 3.29. The van der Waals surface area contributed by atoms with E-state index in [0.717, 1.165) is 5.56 Å². The Balaban J connectivity index is 2.14. The Labute approximate surface area is 123 Å². The number of nitrogens with zero attached hydrogens (tertiary/aromatic N) is 1. The molecule has 0 aromatic heterocycles. The maximum Gasteiger partial charge on any atom is 0.376 e. The standard InChI is InChI=1S/C16H19NO4/c1-3-21-16(20)14(18)13-5-4-10-17(13)15(19)12-8-6-11(2)7-9-12/h6-9,13H,3-5,10H2,1-2H3. The second-order valence-corrected chi connectivity index (χ2v) is 5.11. The molecule has 1 aliphatic rings. The van der Waals surface area contributed by atoms with Gasteiger partial charge in [0.2, 0.25) is 0 Å². The van der Waals surface area contributed by atoms with Gasteiger partial charge in [0.25, 0.3) is 11.7 Å². The van der Waals surface area contributed by atoms with E-state index in [1.54, 1.807) is 19.1 Å². The molecule has 1 aromatic carbocycles. The van der Waals surface area contributed by atoms with Gasteiger partial charge in [-0.3, -0.25) is 9.59 Å². The molecule has 1 unspecified atom stereocenters. The molecule has 2 rings (SSSR count). The van der Waals surface area contributed by atoms with Crippen LogP contribution in [0.3, 0.4) is 0 Å². The van der Waals surface area contributed by atoms with Crippen molar-refractivity contribution in [1.82, 2.24) is 4.90 Å². The molecule has 0 spiro atoms.